The highest BCUT2D eigenvalue weighted by molar-refractivity contribution is 5.40. The lowest BCUT2D eigenvalue weighted by molar-refractivity contribution is 0.418. The number of phenols is 1. The summed E-state index contributed by atoms with van der Waals surface area (Å²) in [4.78, 5) is 0. The van der Waals surface area contributed by atoms with Crippen LogP contribution >= 0.6 is 0 Å². The summed E-state index contributed by atoms with van der Waals surface area (Å²) in [5.74, 6) is -0.937. The van der Waals surface area contributed by atoms with Gasteiger partial charge in [-0.15, -0.1) is 6.58 Å². The van der Waals surface area contributed by atoms with Crippen LogP contribution in [-0.2, 0) is 0 Å². The highest BCUT2D eigenvalue weighted by Crippen LogP contribution is 2.30. The van der Waals surface area contributed by atoms with Gasteiger partial charge in [0, 0.05) is 11.6 Å². The molecule has 0 spiro atoms. The summed E-state index contributed by atoms with van der Waals surface area (Å²) >= 11 is 0. The largest absolute Gasteiger partial charge is 0.505 e. The molecule has 0 fully saturated rings. The fourth-order valence-corrected chi connectivity index (χ4v) is 1.46. The van der Waals surface area contributed by atoms with E-state index >= 15 is 0 Å². The molecule has 1 aromatic carbocycles. The smallest absolute Gasteiger partial charge is 0.168 e. The van der Waals surface area contributed by atoms with E-state index in [1.165, 1.54) is 0 Å². The highest BCUT2D eigenvalue weighted by atomic mass is 19.1. The van der Waals surface area contributed by atoms with Crippen molar-refractivity contribution >= 4 is 0 Å². The van der Waals surface area contributed by atoms with Crippen LogP contribution in [-0.4, -0.2) is 5.11 Å². The van der Waals surface area contributed by atoms with E-state index in [4.69, 9.17) is 5.73 Å². The van der Waals surface area contributed by atoms with Gasteiger partial charge in [-0.2, -0.15) is 0 Å². The van der Waals surface area contributed by atoms with Gasteiger partial charge in [-0.25, -0.2) is 4.39 Å². The molecule has 0 heterocycles. The van der Waals surface area contributed by atoms with Crippen molar-refractivity contribution in [3.8, 4) is 5.75 Å². The maximum Gasteiger partial charge on any atom is 0.168 e. The Kier molecular flexibility index (Phi) is 3.48. The Morgan fingerprint density at radius 2 is 2.20 bits per heavy atom. The number of phenolic OH excluding ortho intramolecular Hbond substituents is 1. The monoisotopic (exact) mass is 209 g/mol. The van der Waals surface area contributed by atoms with Gasteiger partial charge in [-0.05, 0) is 25.8 Å². The second-order valence-corrected chi connectivity index (χ2v) is 3.90. The Bertz CT molecular complexity index is 387. The summed E-state index contributed by atoms with van der Waals surface area (Å²) in [5, 5.41) is 9.58. The molecule has 15 heavy (non-hydrogen) atoms. The average molecular weight is 209 g/mol. The Labute approximate surface area is 89.2 Å². The minimum Gasteiger partial charge on any atom is -0.505 e. The second-order valence-electron chi connectivity index (χ2n) is 3.90. The molecule has 3 N–H and O–H groups in total. The van der Waals surface area contributed by atoms with Crippen LogP contribution in [0.4, 0.5) is 4.39 Å². The lowest BCUT2D eigenvalue weighted by atomic mass is 9.99. The first-order chi connectivity index (χ1) is 6.93. The number of benzene rings is 1. The Morgan fingerprint density at radius 1 is 1.60 bits per heavy atom. The molecule has 0 aliphatic heterocycles. The van der Waals surface area contributed by atoms with Crippen molar-refractivity contribution in [1.82, 2.24) is 0 Å². The van der Waals surface area contributed by atoms with Gasteiger partial charge in [0.05, 0.1) is 0 Å². The summed E-state index contributed by atoms with van der Waals surface area (Å²) in [5.41, 5.74) is 7.58. The lowest BCUT2D eigenvalue weighted by Gasteiger charge is -2.14. The van der Waals surface area contributed by atoms with Crippen molar-refractivity contribution in [2.45, 2.75) is 26.3 Å². The molecule has 0 bridgehead atoms. The summed E-state index contributed by atoms with van der Waals surface area (Å²) in [7, 11) is 0. The Morgan fingerprint density at radius 3 is 2.73 bits per heavy atom. The van der Waals surface area contributed by atoms with E-state index < -0.39 is 11.9 Å². The quantitative estimate of drug-likeness (QED) is 0.752. The minimum absolute atomic E-state index is 0.344. The summed E-state index contributed by atoms with van der Waals surface area (Å²) in [6.07, 6.45) is 0.538. The van der Waals surface area contributed by atoms with Crippen LogP contribution in [0, 0.1) is 12.7 Å². The molecule has 82 valence electrons. The third-order valence-corrected chi connectivity index (χ3v) is 2.31. The van der Waals surface area contributed by atoms with E-state index in [9.17, 15) is 9.50 Å². The van der Waals surface area contributed by atoms with Crippen LogP contribution in [0.2, 0.25) is 0 Å². The first kappa shape index (κ1) is 11.7. The third kappa shape index (κ3) is 2.57. The zero-order chi connectivity index (χ0) is 11.6. The standard InChI is InChI=1S/C12H16FNO/c1-7(2)6-10(14)9-5-4-8(3)11(13)12(9)15/h4-5,10,15H,1,6,14H2,2-3H3/t10-/m1/s1. The second kappa shape index (κ2) is 4.45. The maximum atomic E-state index is 13.4. The SMILES string of the molecule is C=C(C)C[C@@H](N)c1ccc(C)c(F)c1O. The molecule has 0 aliphatic carbocycles. The van der Waals surface area contributed by atoms with Crippen LogP contribution in [0.5, 0.6) is 5.75 Å². The molecule has 0 saturated carbocycles. The van der Waals surface area contributed by atoms with Crippen LogP contribution in [0.3, 0.4) is 0 Å². The molecule has 3 heteroatoms. The first-order valence-electron chi connectivity index (χ1n) is 4.81. The van der Waals surface area contributed by atoms with Crippen molar-refractivity contribution in [2.24, 2.45) is 5.73 Å². The minimum atomic E-state index is -0.593. The lowest BCUT2D eigenvalue weighted by Crippen LogP contribution is -2.11. The van der Waals surface area contributed by atoms with E-state index in [2.05, 4.69) is 6.58 Å². The van der Waals surface area contributed by atoms with E-state index in [1.807, 2.05) is 6.92 Å². The number of nitrogens with two attached hydrogens (primary N) is 1. The molecule has 0 aliphatic rings. The first-order valence-corrected chi connectivity index (χ1v) is 4.81. The molecule has 1 aromatic rings. The van der Waals surface area contributed by atoms with Gasteiger partial charge in [0.15, 0.2) is 11.6 Å². The molecular weight excluding hydrogens is 193 g/mol. The summed E-state index contributed by atoms with van der Waals surface area (Å²) < 4.78 is 13.4. The normalized spacial score (nSPS) is 12.5. The van der Waals surface area contributed by atoms with Gasteiger partial charge in [-0.3, -0.25) is 0 Å². The molecule has 0 amide bonds. The summed E-state index contributed by atoms with van der Waals surface area (Å²) in [6.45, 7) is 7.18. The topological polar surface area (TPSA) is 46.2 Å². The van der Waals surface area contributed by atoms with Crippen LogP contribution in [0.15, 0.2) is 24.3 Å². The molecule has 0 unspecified atom stereocenters. The predicted molar refractivity (Wildman–Crippen MR) is 59.2 cm³/mol. The van der Waals surface area contributed by atoms with Gasteiger partial charge in [-0.1, -0.05) is 17.7 Å². The predicted octanol–water partition coefficient (Wildman–Crippen LogP) is 2.81. The van der Waals surface area contributed by atoms with Crippen molar-refractivity contribution in [2.75, 3.05) is 0 Å². The number of halogens is 1. The molecule has 1 atom stereocenters. The van der Waals surface area contributed by atoms with Crippen LogP contribution in [0.1, 0.15) is 30.5 Å². The molecule has 0 saturated heterocycles. The zero-order valence-electron chi connectivity index (χ0n) is 9.05. The van der Waals surface area contributed by atoms with Gasteiger partial charge >= 0.3 is 0 Å². The molecule has 0 aromatic heterocycles. The van der Waals surface area contributed by atoms with Crippen molar-refractivity contribution in [1.29, 1.82) is 0 Å². The van der Waals surface area contributed by atoms with Gasteiger partial charge in [0.2, 0.25) is 0 Å². The van der Waals surface area contributed by atoms with Crippen molar-refractivity contribution in [3.63, 3.8) is 0 Å². The Hall–Kier alpha value is -1.35. The van der Waals surface area contributed by atoms with E-state index in [0.717, 1.165) is 5.57 Å². The fourth-order valence-electron chi connectivity index (χ4n) is 1.46. The van der Waals surface area contributed by atoms with E-state index in [1.54, 1.807) is 19.1 Å². The number of aromatic hydroxyl groups is 1. The van der Waals surface area contributed by atoms with Crippen molar-refractivity contribution < 1.29 is 9.50 Å². The molecular formula is C12H16FNO. The fraction of sp³-hybridized carbons (Fsp3) is 0.333. The van der Waals surface area contributed by atoms with E-state index in [0.29, 0.717) is 17.5 Å². The third-order valence-electron chi connectivity index (χ3n) is 2.31. The molecule has 0 radical (unpaired) electrons. The Balaban J connectivity index is 3.05. The molecule has 1 rings (SSSR count). The van der Waals surface area contributed by atoms with Gasteiger partial charge in [0.1, 0.15) is 0 Å². The maximum absolute atomic E-state index is 13.4. The van der Waals surface area contributed by atoms with Crippen LogP contribution < -0.4 is 5.73 Å². The van der Waals surface area contributed by atoms with Gasteiger partial charge in [0.25, 0.3) is 0 Å². The highest BCUT2D eigenvalue weighted by Gasteiger charge is 2.15. The van der Waals surface area contributed by atoms with Crippen LogP contribution in [0.25, 0.3) is 0 Å². The summed E-state index contributed by atoms with van der Waals surface area (Å²) in [6, 6.07) is 2.86. The number of aryl methyl sites for hydroxylation is 1. The number of hydrogen-bond acceptors (Lipinski definition) is 2. The average Bonchev–Trinajstić information content (AvgIpc) is 2.13. The number of hydrogen-bond donors (Lipinski definition) is 2. The van der Waals surface area contributed by atoms with E-state index in [-0.39, 0.29) is 5.75 Å². The number of rotatable bonds is 3. The van der Waals surface area contributed by atoms with Crippen molar-refractivity contribution in [3.05, 3.63) is 41.2 Å². The zero-order valence-corrected chi connectivity index (χ0v) is 9.05. The molecule has 2 nitrogen and oxygen atoms in total. The van der Waals surface area contributed by atoms with Gasteiger partial charge < -0.3 is 10.8 Å².